The molecule has 108 valence electrons. The summed E-state index contributed by atoms with van der Waals surface area (Å²) in [5.74, 6) is 11.4. The summed E-state index contributed by atoms with van der Waals surface area (Å²) in [6.45, 7) is -0.171. The first kappa shape index (κ1) is 15.4. The van der Waals surface area contributed by atoms with Gasteiger partial charge in [-0.3, -0.25) is 4.99 Å². The third-order valence-electron chi connectivity index (χ3n) is 2.78. The van der Waals surface area contributed by atoms with Crippen molar-refractivity contribution in [1.82, 2.24) is 0 Å². The molecule has 22 heavy (non-hydrogen) atoms. The van der Waals surface area contributed by atoms with Crippen molar-refractivity contribution in [3.8, 4) is 29.4 Å². The second-order valence-corrected chi connectivity index (χ2v) is 4.29. The lowest BCUT2D eigenvalue weighted by Crippen LogP contribution is -1.82. The molecule has 0 atom stereocenters. The summed E-state index contributed by atoms with van der Waals surface area (Å²) < 4.78 is 5.10. The second kappa shape index (κ2) is 8.32. The number of hydrogen-bond acceptors (Lipinski definition) is 3. The standard InChI is InChI=1S/C19H15NO2/c1-22-19-12-10-18(11-13-19)20-15-17-8-6-16(7-9-17)5-3-2-4-14-21/h6-13,15,21H,14H2,1H3. The highest BCUT2D eigenvalue weighted by atomic mass is 16.5. The van der Waals surface area contributed by atoms with Crippen LogP contribution < -0.4 is 4.74 Å². The SMILES string of the molecule is COc1ccc(N=Cc2ccc(C#CC#CCO)cc2)cc1. The van der Waals surface area contributed by atoms with Gasteiger partial charge >= 0.3 is 0 Å². The maximum absolute atomic E-state index is 8.52. The molecule has 0 radical (unpaired) electrons. The predicted octanol–water partition coefficient (Wildman–Crippen LogP) is 2.79. The average molecular weight is 289 g/mol. The molecule has 1 N–H and O–H groups in total. The van der Waals surface area contributed by atoms with Gasteiger partial charge in [0.15, 0.2) is 0 Å². The molecular weight excluding hydrogens is 274 g/mol. The van der Waals surface area contributed by atoms with E-state index in [-0.39, 0.29) is 6.61 Å². The van der Waals surface area contributed by atoms with Crippen LogP contribution in [0.25, 0.3) is 0 Å². The van der Waals surface area contributed by atoms with Gasteiger partial charge in [0, 0.05) is 11.8 Å². The minimum Gasteiger partial charge on any atom is -0.497 e. The largest absolute Gasteiger partial charge is 0.497 e. The number of aliphatic hydroxyl groups is 1. The number of aliphatic hydroxyl groups excluding tert-OH is 1. The molecule has 2 rings (SSSR count). The van der Waals surface area contributed by atoms with Crippen LogP contribution in [0.2, 0.25) is 0 Å². The maximum Gasteiger partial charge on any atom is 0.119 e. The second-order valence-electron chi connectivity index (χ2n) is 4.29. The minimum absolute atomic E-state index is 0.171. The van der Waals surface area contributed by atoms with Gasteiger partial charge in [0.2, 0.25) is 0 Å². The smallest absolute Gasteiger partial charge is 0.119 e. The Bertz CT molecular complexity index is 752. The van der Waals surface area contributed by atoms with Crippen LogP contribution in [0, 0.1) is 23.7 Å². The predicted molar refractivity (Wildman–Crippen MR) is 88.4 cm³/mol. The summed E-state index contributed by atoms with van der Waals surface area (Å²) in [4.78, 5) is 4.40. The topological polar surface area (TPSA) is 41.8 Å². The van der Waals surface area contributed by atoms with Gasteiger partial charge in [0.25, 0.3) is 0 Å². The Balaban J connectivity index is 2.03. The van der Waals surface area contributed by atoms with Gasteiger partial charge < -0.3 is 9.84 Å². The van der Waals surface area contributed by atoms with Gasteiger partial charge in [-0.2, -0.15) is 0 Å². The first-order valence-electron chi connectivity index (χ1n) is 6.70. The summed E-state index contributed by atoms with van der Waals surface area (Å²) in [6, 6.07) is 15.2. The molecule has 0 amide bonds. The molecule has 0 saturated carbocycles. The molecule has 0 saturated heterocycles. The zero-order valence-electron chi connectivity index (χ0n) is 12.2. The Morgan fingerprint density at radius 2 is 1.77 bits per heavy atom. The quantitative estimate of drug-likeness (QED) is 0.697. The van der Waals surface area contributed by atoms with Crippen LogP contribution in [0.4, 0.5) is 5.69 Å². The van der Waals surface area contributed by atoms with E-state index in [4.69, 9.17) is 9.84 Å². The molecule has 3 heteroatoms. The minimum atomic E-state index is -0.171. The van der Waals surface area contributed by atoms with Crippen molar-refractivity contribution in [3.05, 3.63) is 59.7 Å². The molecule has 0 aromatic heterocycles. The van der Waals surface area contributed by atoms with Crippen LogP contribution >= 0.6 is 0 Å². The summed E-state index contributed by atoms with van der Waals surface area (Å²) >= 11 is 0. The molecule has 2 aromatic carbocycles. The number of hydrogen-bond donors (Lipinski definition) is 1. The summed E-state index contributed by atoms with van der Waals surface area (Å²) in [6.07, 6.45) is 1.80. The molecule has 0 unspecified atom stereocenters. The lowest BCUT2D eigenvalue weighted by Gasteiger charge is -1.99. The number of aliphatic imine (C=N–C) groups is 1. The normalized spacial score (nSPS) is 9.55. The van der Waals surface area contributed by atoms with Crippen molar-refractivity contribution in [2.24, 2.45) is 4.99 Å². The highest BCUT2D eigenvalue weighted by molar-refractivity contribution is 5.82. The summed E-state index contributed by atoms with van der Waals surface area (Å²) in [7, 11) is 1.64. The fraction of sp³-hybridized carbons (Fsp3) is 0.105. The van der Waals surface area contributed by atoms with Crippen LogP contribution in [-0.4, -0.2) is 25.0 Å². The molecule has 0 bridgehead atoms. The van der Waals surface area contributed by atoms with Crippen molar-refractivity contribution < 1.29 is 9.84 Å². The number of methoxy groups -OCH3 is 1. The average Bonchev–Trinajstić information content (AvgIpc) is 2.58. The van der Waals surface area contributed by atoms with E-state index >= 15 is 0 Å². The molecule has 3 nitrogen and oxygen atoms in total. The first-order chi connectivity index (χ1) is 10.8. The maximum atomic E-state index is 8.52. The van der Waals surface area contributed by atoms with Crippen LogP contribution in [0.5, 0.6) is 5.75 Å². The van der Waals surface area contributed by atoms with Crippen molar-refractivity contribution in [2.75, 3.05) is 13.7 Å². The molecule has 0 fully saturated rings. The Labute approximate surface area is 130 Å². The highest BCUT2D eigenvalue weighted by Crippen LogP contribution is 2.17. The first-order valence-corrected chi connectivity index (χ1v) is 6.70. The van der Waals surface area contributed by atoms with Crippen LogP contribution in [0.15, 0.2) is 53.5 Å². The third kappa shape index (κ3) is 4.83. The number of ether oxygens (including phenoxy) is 1. The Kier molecular flexibility index (Phi) is 5.81. The molecule has 0 aliphatic heterocycles. The van der Waals surface area contributed by atoms with Gasteiger partial charge in [-0.25, -0.2) is 0 Å². The van der Waals surface area contributed by atoms with E-state index in [0.717, 1.165) is 22.6 Å². The van der Waals surface area contributed by atoms with Crippen LogP contribution in [0.3, 0.4) is 0 Å². The van der Waals surface area contributed by atoms with Gasteiger partial charge in [-0.05, 0) is 53.8 Å². The van der Waals surface area contributed by atoms with Crippen molar-refractivity contribution in [3.63, 3.8) is 0 Å². The van der Waals surface area contributed by atoms with Crippen LogP contribution in [-0.2, 0) is 0 Å². The third-order valence-corrected chi connectivity index (χ3v) is 2.78. The van der Waals surface area contributed by atoms with Gasteiger partial charge in [0.05, 0.1) is 12.8 Å². The van der Waals surface area contributed by atoms with Crippen LogP contribution in [0.1, 0.15) is 11.1 Å². The fourth-order valence-electron chi connectivity index (χ4n) is 1.66. The Morgan fingerprint density at radius 3 is 2.41 bits per heavy atom. The molecule has 0 heterocycles. The Morgan fingerprint density at radius 1 is 1.05 bits per heavy atom. The zero-order chi connectivity index (χ0) is 15.6. The monoisotopic (exact) mass is 289 g/mol. The lowest BCUT2D eigenvalue weighted by atomic mass is 10.1. The molecule has 0 aliphatic rings. The number of rotatable bonds is 3. The highest BCUT2D eigenvalue weighted by Gasteiger charge is 1.92. The number of nitrogens with zero attached hydrogens (tertiary/aromatic N) is 1. The summed E-state index contributed by atoms with van der Waals surface area (Å²) in [5, 5.41) is 8.52. The zero-order valence-corrected chi connectivity index (χ0v) is 12.2. The van der Waals surface area contributed by atoms with Gasteiger partial charge in [-0.1, -0.05) is 24.0 Å². The van der Waals surface area contributed by atoms with E-state index in [0.29, 0.717) is 0 Å². The molecule has 0 aliphatic carbocycles. The van der Waals surface area contributed by atoms with E-state index in [1.165, 1.54) is 0 Å². The lowest BCUT2D eigenvalue weighted by molar-refractivity contribution is 0.350. The van der Waals surface area contributed by atoms with Gasteiger partial charge in [0.1, 0.15) is 12.4 Å². The fourth-order valence-corrected chi connectivity index (χ4v) is 1.66. The molecular formula is C19H15NO2. The van der Waals surface area contributed by atoms with E-state index in [1.807, 2.05) is 48.5 Å². The van der Waals surface area contributed by atoms with E-state index < -0.39 is 0 Å². The van der Waals surface area contributed by atoms with Crippen molar-refractivity contribution in [2.45, 2.75) is 0 Å². The Hall–Kier alpha value is -3.01. The van der Waals surface area contributed by atoms with E-state index in [1.54, 1.807) is 13.3 Å². The van der Waals surface area contributed by atoms with E-state index in [9.17, 15) is 0 Å². The summed E-state index contributed by atoms with van der Waals surface area (Å²) in [5.41, 5.74) is 2.72. The molecule has 0 spiro atoms. The van der Waals surface area contributed by atoms with Gasteiger partial charge in [-0.15, -0.1) is 0 Å². The number of benzene rings is 2. The van der Waals surface area contributed by atoms with Crippen molar-refractivity contribution in [1.29, 1.82) is 0 Å². The van der Waals surface area contributed by atoms with E-state index in [2.05, 4.69) is 28.7 Å². The van der Waals surface area contributed by atoms with Crippen molar-refractivity contribution >= 4 is 11.9 Å². The molecule has 2 aromatic rings.